The third-order valence-electron chi connectivity index (χ3n) is 5.42. The molecule has 3 heterocycles. The Hall–Kier alpha value is -2.26. The molecule has 1 aromatic rings. The van der Waals surface area contributed by atoms with Crippen molar-refractivity contribution in [1.29, 1.82) is 0 Å². The standard InChI is InChI=1S/C20H27N2O10P/c1-5-20(4)16-14(31-18(20)22-8-6-15(24)21-19(22)26)11-29-33(27,32-16)28-9-7-13(10-23)17(25)30-12(2)3/h1,6,8,12-14,16,18,23H,7,9-11H2,2-4H3,(H,21,24,26)/t13?,14-,16-,18-,20-,33-/m1/s1. The highest BCUT2D eigenvalue weighted by Crippen LogP contribution is 2.60. The van der Waals surface area contributed by atoms with Crippen molar-refractivity contribution in [3.05, 3.63) is 33.1 Å². The Morgan fingerprint density at radius 3 is 2.82 bits per heavy atom. The van der Waals surface area contributed by atoms with E-state index in [1.54, 1.807) is 20.8 Å². The lowest BCUT2D eigenvalue weighted by Crippen LogP contribution is -2.43. The maximum Gasteiger partial charge on any atom is 0.475 e. The highest BCUT2D eigenvalue weighted by Gasteiger charge is 2.60. The first-order chi connectivity index (χ1) is 15.5. The predicted octanol–water partition coefficient (Wildman–Crippen LogP) is 0.564. The molecular formula is C20H27N2O10P. The second kappa shape index (κ2) is 9.93. The number of terminal acetylenes is 1. The maximum atomic E-state index is 13.1. The van der Waals surface area contributed by atoms with Gasteiger partial charge in [0.2, 0.25) is 0 Å². The van der Waals surface area contributed by atoms with E-state index in [2.05, 4.69) is 10.9 Å². The lowest BCUT2D eigenvalue weighted by atomic mass is 9.83. The molecule has 0 aliphatic carbocycles. The topological polar surface area (TPSA) is 155 Å². The lowest BCUT2D eigenvalue weighted by Gasteiger charge is -2.35. The summed E-state index contributed by atoms with van der Waals surface area (Å²) in [7, 11) is -4.09. The molecule has 33 heavy (non-hydrogen) atoms. The molecule has 0 aromatic carbocycles. The molecule has 0 spiro atoms. The Bertz CT molecular complexity index is 1080. The van der Waals surface area contributed by atoms with Crippen LogP contribution in [0.2, 0.25) is 0 Å². The van der Waals surface area contributed by atoms with E-state index in [1.807, 2.05) is 0 Å². The molecule has 0 radical (unpaired) electrons. The first-order valence-corrected chi connectivity index (χ1v) is 11.8. The van der Waals surface area contributed by atoms with Crippen LogP contribution in [0.15, 0.2) is 21.9 Å². The highest BCUT2D eigenvalue weighted by molar-refractivity contribution is 7.48. The normalized spacial score (nSPS) is 32.2. The lowest BCUT2D eigenvalue weighted by molar-refractivity contribution is -0.154. The average Bonchev–Trinajstić information content (AvgIpc) is 3.03. The van der Waals surface area contributed by atoms with E-state index < -0.39 is 61.4 Å². The molecule has 0 saturated carbocycles. The number of aliphatic hydroxyl groups excluding tert-OH is 1. The van der Waals surface area contributed by atoms with Crippen LogP contribution in [-0.4, -0.2) is 58.8 Å². The van der Waals surface area contributed by atoms with Crippen LogP contribution in [-0.2, 0) is 32.4 Å². The molecule has 2 N–H and O–H groups in total. The van der Waals surface area contributed by atoms with Crippen LogP contribution in [0.25, 0.3) is 0 Å². The van der Waals surface area contributed by atoms with Gasteiger partial charge in [-0.2, -0.15) is 0 Å². The van der Waals surface area contributed by atoms with Crippen LogP contribution in [0, 0.1) is 23.7 Å². The van der Waals surface area contributed by atoms with Crippen LogP contribution >= 0.6 is 7.82 Å². The van der Waals surface area contributed by atoms with Gasteiger partial charge in [-0.15, -0.1) is 6.42 Å². The highest BCUT2D eigenvalue weighted by atomic mass is 31.2. The van der Waals surface area contributed by atoms with Crippen molar-refractivity contribution in [2.24, 2.45) is 11.3 Å². The number of nitrogens with zero attached hydrogens (tertiary/aromatic N) is 1. The summed E-state index contributed by atoms with van der Waals surface area (Å²) in [5.41, 5.74) is -2.56. The molecule has 0 amide bonds. The number of fused-ring (bicyclic) bond motifs is 1. The largest absolute Gasteiger partial charge is 0.475 e. The van der Waals surface area contributed by atoms with Crippen molar-refractivity contribution in [2.45, 2.75) is 51.7 Å². The van der Waals surface area contributed by atoms with Gasteiger partial charge in [0.15, 0.2) is 6.23 Å². The molecule has 12 nitrogen and oxygen atoms in total. The van der Waals surface area contributed by atoms with E-state index in [1.165, 1.54) is 6.20 Å². The number of nitrogens with one attached hydrogen (secondary N) is 1. The molecule has 6 atom stereocenters. The quantitative estimate of drug-likeness (QED) is 0.302. The second-order valence-corrected chi connectivity index (χ2v) is 9.85. The number of aliphatic hydroxyl groups is 1. The second-order valence-electron chi connectivity index (χ2n) is 8.23. The number of ether oxygens (including phenoxy) is 2. The van der Waals surface area contributed by atoms with Crippen molar-refractivity contribution in [3.63, 3.8) is 0 Å². The summed E-state index contributed by atoms with van der Waals surface area (Å²) >= 11 is 0. The van der Waals surface area contributed by atoms with E-state index in [9.17, 15) is 24.1 Å². The molecule has 0 bridgehead atoms. The molecule has 2 aliphatic heterocycles. The number of phosphoric ester groups is 1. The maximum absolute atomic E-state index is 13.1. The SMILES string of the molecule is C#C[C@]1(C)[C@@H]2O[P@](=O)(OCCC(CO)C(=O)OC(C)C)OC[C@H]2O[C@H]1n1ccc(=O)[nH]c1=O. The van der Waals surface area contributed by atoms with Gasteiger partial charge in [0.05, 0.1) is 31.8 Å². The molecule has 2 saturated heterocycles. The number of H-pyrrole nitrogens is 1. The van der Waals surface area contributed by atoms with Crippen LogP contribution in [0.1, 0.15) is 33.4 Å². The zero-order valence-electron chi connectivity index (χ0n) is 18.5. The summed E-state index contributed by atoms with van der Waals surface area (Å²) < 4.78 is 41.4. The van der Waals surface area contributed by atoms with Crippen LogP contribution in [0.3, 0.4) is 0 Å². The number of carbonyl (C=O) groups is 1. The van der Waals surface area contributed by atoms with Crippen LogP contribution in [0.4, 0.5) is 0 Å². The van der Waals surface area contributed by atoms with E-state index in [-0.39, 0.29) is 25.7 Å². The van der Waals surface area contributed by atoms with E-state index in [0.29, 0.717) is 0 Å². The molecule has 2 fully saturated rings. The smallest absolute Gasteiger partial charge is 0.463 e. The fourth-order valence-corrected chi connectivity index (χ4v) is 5.14. The first-order valence-electron chi connectivity index (χ1n) is 10.4. The van der Waals surface area contributed by atoms with Gasteiger partial charge in [0.25, 0.3) is 5.56 Å². The van der Waals surface area contributed by atoms with Crippen molar-refractivity contribution in [3.8, 4) is 12.3 Å². The van der Waals surface area contributed by atoms with E-state index in [4.69, 9.17) is 29.5 Å². The monoisotopic (exact) mass is 486 g/mol. The van der Waals surface area contributed by atoms with Gasteiger partial charge in [-0.25, -0.2) is 9.36 Å². The number of aromatic nitrogens is 2. The zero-order valence-corrected chi connectivity index (χ0v) is 19.4. The molecule has 13 heteroatoms. The van der Waals surface area contributed by atoms with Gasteiger partial charge < -0.3 is 14.6 Å². The number of carbonyl (C=O) groups excluding carboxylic acids is 1. The summed E-state index contributed by atoms with van der Waals surface area (Å²) in [5, 5.41) is 9.43. The van der Waals surface area contributed by atoms with Crippen molar-refractivity contribution in [2.75, 3.05) is 19.8 Å². The van der Waals surface area contributed by atoms with Gasteiger partial charge >= 0.3 is 19.5 Å². The number of esters is 1. The number of rotatable bonds is 8. The minimum absolute atomic E-state index is 0.0190. The zero-order chi connectivity index (χ0) is 24.4. The summed E-state index contributed by atoms with van der Waals surface area (Å²) in [6, 6.07) is 1.15. The summed E-state index contributed by atoms with van der Waals surface area (Å²) in [6.45, 7) is 4.09. The number of hydrogen-bond acceptors (Lipinski definition) is 10. The van der Waals surface area contributed by atoms with E-state index >= 15 is 0 Å². The summed E-state index contributed by atoms with van der Waals surface area (Å²) in [6.07, 6.45) is 3.94. The Balaban J connectivity index is 1.71. The van der Waals surface area contributed by atoms with Crippen LogP contribution in [0.5, 0.6) is 0 Å². The Labute approximate surface area is 189 Å². The van der Waals surface area contributed by atoms with Gasteiger partial charge in [0, 0.05) is 12.3 Å². The molecule has 182 valence electrons. The third kappa shape index (κ3) is 5.30. The Morgan fingerprint density at radius 1 is 1.48 bits per heavy atom. The summed E-state index contributed by atoms with van der Waals surface area (Å²) in [4.78, 5) is 37.8. The minimum Gasteiger partial charge on any atom is -0.463 e. The minimum atomic E-state index is -4.09. The molecular weight excluding hydrogens is 459 g/mol. The van der Waals surface area contributed by atoms with Crippen molar-refractivity contribution in [1.82, 2.24) is 9.55 Å². The Kier molecular flexibility index (Phi) is 7.63. The molecule has 1 aromatic heterocycles. The number of phosphoric acid groups is 1. The van der Waals surface area contributed by atoms with Gasteiger partial charge in [0.1, 0.15) is 17.6 Å². The van der Waals surface area contributed by atoms with E-state index in [0.717, 1.165) is 10.6 Å². The predicted molar refractivity (Wildman–Crippen MR) is 113 cm³/mol. The number of aromatic amines is 1. The number of hydrogen-bond donors (Lipinski definition) is 2. The average molecular weight is 486 g/mol. The molecule has 1 unspecified atom stereocenters. The molecule has 2 aliphatic rings. The van der Waals surface area contributed by atoms with Crippen LogP contribution < -0.4 is 11.2 Å². The van der Waals surface area contributed by atoms with Gasteiger partial charge in [-0.3, -0.25) is 32.7 Å². The fourth-order valence-electron chi connectivity index (χ4n) is 3.65. The third-order valence-corrected chi connectivity index (χ3v) is 6.87. The van der Waals surface area contributed by atoms with Gasteiger partial charge in [-0.1, -0.05) is 5.92 Å². The van der Waals surface area contributed by atoms with Gasteiger partial charge in [-0.05, 0) is 27.2 Å². The molecule has 3 rings (SSSR count). The Morgan fingerprint density at radius 2 is 2.21 bits per heavy atom. The van der Waals surface area contributed by atoms with Crippen molar-refractivity contribution < 1.29 is 37.5 Å². The fraction of sp³-hybridized carbons (Fsp3) is 0.650. The first kappa shape index (κ1) is 25.4. The van der Waals surface area contributed by atoms with Crippen molar-refractivity contribution >= 4 is 13.8 Å². The summed E-state index contributed by atoms with van der Waals surface area (Å²) in [5.74, 6) is 1.09.